The summed E-state index contributed by atoms with van der Waals surface area (Å²) in [7, 11) is -0.914. The maximum absolute atomic E-state index is 11.4. The highest BCUT2D eigenvalue weighted by atomic mass is 32.2. The number of ether oxygens (including phenoxy) is 1. The van der Waals surface area contributed by atoms with E-state index >= 15 is 0 Å². The van der Waals surface area contributed by atoms with E-state index < -0.39 is 22.0 Å². The largest absolute Gasteiger partial charge is 0.480 e. The van der Waals surface area contributed by atoms with Crippen molar-refractivity contribution >= 4 is 16.0 Å². The van der Waals surface area contributed by atoms with Crippen molar-refractivity contribution in [1.82, 2.24) is 4.31 Å². The molecule has 1 atom stereocenters. The van der Waals surface area contributed by atoms with Crippen LogP contribution >= 0.6 is 0 Å². The molecule has 0 aromatic rings. The first-order valence-corrected chi connectivity index (χ1v) is 5.61. The van der Waals surface area contributed by atoms with E-state index in [0.717, 1.165) is 4.31 Å². The molecule has 0 aliphatic rings. The highest BCUT2D eigenvalue weighted by Crippen LogP contribution is 2.04. The molecule has 0 radical (unpaired) electrons. The van der Waals surface area contributed by atoms with Crippen LogP contribution < -0.4 is 0 Å². The normalized spacial score (nSPS) is 14.3. The number of rotatable bonds is 6. The van der Waals surface area contributed by atoms with Crippen LogP contribution in [-0.2, 0) is 19.6 Å². The Morgan fingerprint density at radius 3 is 2.43 bits per heavy atom. The van der Waals surface area contributed by atoms with Crippen LogP contribution in [0, 0.1) is 0 Å². The number of nitrogens with zero attached hydrogens (tertiary/aromatic N) is 1. The quantitative estimate of drug-likeness (QED) is 0.650. The number of sulfonamides is 1. The Morgan fingerprint density at radius 1 is 1.57 bits per heavy atom. The topological polar surface area (TPSA) is 83.9 Å². The van der Waals surface area contributed by atoms with Gasteiger partial charge in [-0.3, -0.25) is 4.79 Å². The van der Waals surface area contributed by atoms with Crippen molar-refractivity contribution in [2.75, 3.05) is 26.5 Å². The Hall–Kier alpha value is -0.660. The minimum Gasteiger partial charge on any atom is -0.480 e. The molecule has 1 N–H and O–H groups in total. The summed E-state index contributed by atoms with van der Waals surface area (Å²) in [5, 5.41) is 8.60. The zero-order chi connectivity index (χ0) is 11.4. The van der Waals surface area contributed by atoms with Crippen LogP contribution in [0.5, 0.6) is 0 Å². The molecule has 14 heavy (non-hydrogen) atoms. The Bertz CT molecular complexity index is 286. The first kappa shape index (κ1) is 13.3. The molecule has 0 aromatic heterocycles. The van der Waals surface area contributed by atoms with Gasteiger partial charge in [-0.15, -0.1) is 0 Å². The number of methoxy groups -OCH3 is 1. The van der Waals surface area contributed by atoms with Crippen molar-refractivity contribution in [1.29, 1.82) is 0 Å². The van der Waals surface area contributed by atoms with Crippen molar-refractivity contribution in [2.45, 2.75) is 13.0 Å². The summed E-state index contributed by atoms with van der Waals surface area (Å²) < 4.78 is 28.3. The van der Waals surface area contributed by atoms with Crippen molar-refractivity contribution in [3.05, 3.63) is 0 Å². The summed E-state index contributed by atoms with van der Waals surface area (Å²) in [6.45, 7) is 1.37. The van der Waals surface area contributed by atoms with Crippen LogP contribution in [0.2, 0.25) is 0 Å². The molecule has 0 aromatic carbocycles. The summed E-state index contributed by atoms with van der Waals surface area (Å²) in [4.78, 5) is 10.5. The van der Waals surface area contributed by atoms with E-state index in [1.54, 1.807) is 0 Å². The van der Waals surface area contributed by atoms with Gasteiger partial charge in [0.25, 0.3) is 0 Å². The molecule has 0 saturated heterocycles. The molecular formula is C7H15NO5S. The second-order valence-electron chi connectivity index (χ2n) is 2.84. The molecule has 6 nitrogen and oxygen atoms in total. The lowest BCUT2D eigenvalue weighted by Crippen LogP contribution is -2.41. The molecular weight excluding hydrogens is 210 g/mol. The standard InChI is InChI=1S/C7H15NO5S/c1-6(7(9)10)8(2)14(11,12)5-4-13-3/h6H,4-5H2,1-3H3,(H,9,10). The Labute approximate surface area is 83.5 Å². The predicted octanol–water partition coefficient (Wildman–Crippen LogP) is -0.632. The summed E-state index contributed by atoms with van der Waals surface area (Å²) in [6.07, 6.45) is 0. The van der Waals surface area contributed by atoms with E-state index in [0.29, 0.717) is 0 Å². The lowest BCUT2D eigenvalue weighted by Gasteiger charge is -2.20. The van der Waals surface area contributed by atoms with Crippen molar-refractivity contribution in [3.8, 4) is 0 Å². The monoisotopic (exact) mass is 225 g/mol. The molecule has 84 valence electrons. The highest BCUT2D eigenvalue weighted by Gasteiger charge is 2.27. The van der Waals surface area contributed by atoms with E-state index in [-0.39, 0.29) is 12.4 Å². The van der Waals surface area contributed by atoms with Crippen LogP contribution in [0.25, 0.3) is 0 Å². The summed E-state index contributed by atoms with van der Waals surface area (Å²) in [5.74, 6) is -1.38. The number of carboxylic acids is 1. The zero-order valence-electron chi connectivity index (χ0n) is 8.43. The first-order valence-electron chi connectivity index (χ1n) is 4.00. The zero-order valence-corrected chi connectivity index (χ0v) is 9.24. The van der Waals surface area contributed by atoms with E-state index in [1.165, 1.54) is 21.1 Å². The van der Waals surface area contributed by atoms with Gasteiger partial charge in [-0.1, -0.05) is 0 Å². The Kier molecular flexibility index (Phi) is 5.03. The fraction of sp³-hybridized carbons (Fsp3) is 0.857. The van der Waals surface area contributed by atoms with Gasteiger partial charge < -0.3 is 9.84 Å². The van der Waals surface area contributed by atoms with Crippen LogP contribution in [-0.4, -0.2) is 56.4 Å². The van der Waals surface area contributed by atoms with Gasteiger partial charge in [0.1, 0.15) is 6.04 Å². The van der Waals surface area contributed by atoms with E-state index in [9.17, 15) is 13.2 Å². The second-order valence-corrected chi connectivity index (χ2v) is 4.99. The third-order valence-corrected chi connectivity index (χ3v) is 3.76. The number of carboxylic acid groups (broad SMARTS) is 1. The van der Waals surface area contributed by atoms with Gasteiger partial charge in [-0.05, 0) is 6.92 Å². The number of aliphatic carboxylic acids is 1. The van der Waals surface area contributed by atoms with Gasteiger partial charge in [-0.25, -0.2) is 8.42 Å². The third kappa shape index (κ3) is 3.60. The van der Waals surface area contributed by atoms with Gasteiger partial charge in [0.2, 0.25) is 10.0 Å². The van der Waals surface area contributed by atoms with Gasteiger partial charge in [0, 0.05) is 14.2 Å². The summed E-state index contributed by atoms with van der Waals surface area (Å²) in [5.41, 5.74) is 0. The Morgan fingerprint density at radius 2 is 2.07 bits per heavy atom. The molecule has 0 aliphatic carbocycles. The van der Waals surface area contributed by atoms with E-state index in [2.05, 4.69) is 4.74 Å². The number of hydrogen-bond acceptors (Lipinski definition) is 4. The lowest BCUT2D eigenvalue weighted by molar-refractivity contribution is -0.140. The first-order chi connectivity index (χ1) is 6.33. The van der Waals surface area contributed by atoms with Crippen LogP contribution in [0.15, 0.2) is 0 Å². The number of hydrogen-bond donors (Lipinski definition) is 1. The van der Waals surface area contributed by atoms with Crippen LogP contribution in [0.4, 0.5) is 0 Å². The van der Waals surface area contributed by atoms with Gasteiger partial charge >= 0.3 is 5.97 Å². The maximum atomic E-state index is 11.4. The van der Waals surface area contributed by atoms with Gasteiger partial charge in [0.15, 0.2) is 0 Å². The molecule has 0 spiro atoms. The summed E-state index contributed by atoms with van der Waals surface area (Å²) >= 11 is 0. The molecule has 0 amide bonds. The molecule has 0 saturated carbocycles. The van der Waals surface area contributed by atoms with Crippen LogP contribution in [0.1, 0.15) is 6.92 Å². The Balaban J connectivity index is 4.50. The van der Waals surface area contributed by atoms with Gasteiger partial charge in [-0.2, -0.15) is 4.31 Å². The molecule has 0 aliphatic heterocycles. The summed E-state index contributed by atoms with van der Waals surface area (Å²) in [6, 6.07) is -1.06. The predicted molar refractivity (Wildman–Crippen MR) is 50.5 cm³/mol. The maximum Gasteiger partial charge on any atom is 0.321 e. The number of carbonyl (C=O) groups is 1. The average Bonchev–Trinajstić information content (AvgIpc) is 2.12. The van der Waals surface area contributed by atoms with Crippen LogP contribution in [0.3, 0.4) is 0 Å². The van der Waals surface area contributed by atoms with Crippen molar-refractivity contribution in [3.63, 3.8) is 0 Å². The third-order valence-electron chi connectivity index (χ3n) is 1.89. The minimum absolute atomic E-state index is 0.0546. The molecule has 0 rings (SSSR count). The average molecular weight is 225 g/mol. The van der Waals surface area contributed by atoms with Crippen molar-refractivity contribution < 1.29 is 23.1 Å². The fourth-order valence-corrected chi connectivity index (χ4v) is 1.97. The smallest absolute Gasteiger partial charge is 0.321 e. The second kappa shape index (κ2) is 5.28. The molecule has 0 fully saturated rings. The van der Waals surface area contributed by atoms with E-state index in [1.807, 2.05) is 0 Å². The molecule has 0 heterocycles. The van der Waals surface area contributed by atoms with Gasteiger partial charge in [0.05, 0.1) is 12.4 Å². The fourth-order valence-electron chi connectivity index (χ4n) is 0.729. The van der Waals surface area contributed by atoms with E-state index in [4.69, 9.17) is 5.11 Å². The molecule has 7 heteroatoms. The molecule has 1 unspecified atom stereocenters. The highest BCUT2D eigenvalue weighted by molar-refractivity contribution is 7.89. The van der Waals surface area contributed by atoms with Crippen molar-refractivity contribution in [2.24, 2.45) is 0 Å². The SMILES string of the molecule is COCCS(=O)(=O)N(C)C(C)C(=O)O. The lowest BCUT2D eigenvalue weighted by atomic mass is 10.4. The number of likely N-dealkylation sites (N-methyl/N-ethyl adjacent to an activating group) is 1. The minimum atomic E-state index is -3.54. The molecule has 0 bridgehead atoms.